The van der Waals surface area contributed by atoms with E-state index in [-0.39, 0.29) is 36.1 Å². The number of carboxylic acids is 1. The van der Waals surface area contributed by atoms with Crippen LogP contribution in [-0.4, -0.2) is 33.5 Å². The molecule has 1 atom stereocenters. The molecule has 0 radical (unpaired) electrons. The van der Waals surface area contributed by atoms with Gasteiger partial charge in [0.1, 0.15) is 5.75 Å². The van der Waals surface area contributed by atoms with Gasteiger partial charge in [-0.2, -0.15) is 0 Å². The number of benzene rings is 1. The number of hydrogen-bond donors (Lipinski definition) is 2. The minimum Gasteiger partial charge on any atom is -0.507 e. The number of aromatic hydroxyl groups is 1. The maximum Gasteiger partial charge on any atom is 0.312 e. The van der Waals surface area contributed by atoms with Crippen LogP contribution >= 0.6 is 0 Å². The van der Waals surface area contributed by atoms with Crippen molar-refractivity contribution in [2.24, 2.45) is 7.05 Å². The molecule has 0 fully saturated rings. The standard InChI is InChI=1S/C23H27NO5/c1-6-15-16(7-2)22(26)24(5)21(18(23(27)28)12-13-29-14(3)4)20(15)17-10-8-9-11-19(17)25/h6-11,14,18,25H,1-2,12-13H2,3-5H3,(H,27,28). The molecule has 29 heavy (non-hydrogen) atoms. The van der Waals surface area contributed by atoms with E-state index in [0.717, 1.165) is 0 Å². The van der Waals surface area contributed by atoms with Crippen LogP contribution in [0.15, 0.2) is 42.2 Å². The molecule has 1 heterocycles. The fourth-order valence-electron chi connectivity index (χ4n) is 3.43. The van der Waals surface area contributed by atoms with Crippen LogP contribution in [0.2, 0.25) is 0 Å². The highest BCUT2D eigenvalue weighted by Gasteiger charge is 2.30. The first-order valence-corrected chi connectivity index (χ1v) is 9.39. The Hall–Kier alpha value is -3.12. The molecule has 0 bridgehead atoms. The number of hydrogen-bond acceptors (Lipinski definition) is 4. The summed E-state index contributed by atoms with van der Waals surface area (Å²) < 4.78 is 6.87. The van der Waals surface area contributed by atoms with Gasteiger partial charge in [-0.05, 0) is 31.9 Å². The summed E-state index contributed by atoms with van der Waals surface area (Å²) in [7, 11) is 1.53. The second-order valence-corrected chi connectivity index (χ2v) is 6.98. The van der Waals surface area contributed by atoms with Crippen molar-refractivity contribution in [2.75, 3.05) is 6.61 Å². The number of phenolic OH excluding ortho intramolecular Hbond substituents is 1. The summed E-state index contributed by atoms with van der Waals surface area (Å²) in [5.74, 6) is -2.11. The number of ether oxygens (including phenoxy) is 1. The third kappa shape index (κ3) is 4.49. The number of carboxylic acid groups (broad SMARTS) is 1. The molecule has 2 N–H and O–H groups in total. The summed E-state index contributed by atoms with van der Waals surface area (Å²) in [6, 6.07) is 6.61. The van der Waals surface area contributed by atoms with E-state index in [9.17, 15) is 19.8 Å². The maximum atomic E-state index is 12.9. The average Bonchev–Trinajstić information content (AvgIpc) is 2.67. The molecule has 0 aliphatic carbocycles. The van der Waals surface area contributed by atoms with Crippen molar-refractivity contribution in [3.63, 3.8) is 0 Å². The molecule has 6 heteroatoms. The Kier molecular flexibility index (Phi) is 7.18. The van der Waals surface area contributed by atoms with Crippen LogP contribution in [0, 0.1) is 0 Å². The van der Waals surface area contributed by atoms with Crippen LogP contribution in [0.5, 0.6) is 5.75 Å². The van der Waals surface area contributed by atoms with Crippen molar-refractivity contribution in [1.82, 2.24) is 4.57 Å². The Morgan fingerprint density at radius 1 is 1.21 bits per heavy atom. The van der Waals surface area contributed by atoms with Crippen LogP contribution in [0.4, 0.5) is 0 Å². The van der Waals surface area contributed by atoms with Gasteiger partial charge in [-0.15, -0.1) is 0 Å². The number of pyridine rings is 1. The first-order valence-electron chi connectivity index (χ1n) is 9.39. The maximum absolute atomic E-state index is 12.9. The van der Waals surface area contributed by atoms with E-state index in [2.05, 4.69) is 13.2 Å². The van der Waals surface area contributed by atoms with Gasteiger partial charge in [-0.25, -0.2) is 0 Å². The largest absolute Gasteiger partial charge is 0.507 e. The van der Waals surface area contributed by atoms with Gasteiger partial charge in [0, 0.05) is 36.0 Å². The number of aromatic nitrogens is 1. The molecule has 2 rings (SSSR count). The molecule has 1 unspecified atom stereocenters. The van der Waals surface area contributed by atoms with Gasteiger partial charge >= 0.3 is 5.97 Å². The summed E-state index contributed by atoms with van der Waals surface area (Å²) in [5, 5.41) is 20.4. The lowest BCUT2D eigenvalue weighted by molar-refractivity contribution is -0.139. The molecule has 0 saturated carbocycles. The third-order valence-electron chi connectivity index (χ3n) is 4.78. The first-order chi connectivity index (χ1) is 13.7. The van der Waals surface area contributed by atoms with Gasteiger partial charge in [0.2, 0.25) is 0 Å². The molecular formula is C23H27NO5. The third-order valence-corrected chi connectivity index (χ3v) is 4.78. The summed E-state index contributed by atoms with van der Waals surface area (Å²) >= 11 is 0. The number of rotatable bonds is 9. The van der Waals surface area contributed by atoms with Crippen molar-refractivity contribution in [3.8, 4) is 16.9 Å². The van der Waals surface area contributed by atoms with E-state index in [1.807, 2.05) is 13.8 Å². The van der Waals surface area contributed by atoms with E-state index in [1.54, 1.807) is 18.2 Å². The minimum absolute atomic E-state index is 0.0203. The van der Waals surface area contributed by atoms with Gasteiger partial charge in [-0.1, -0.05) is 43.5 Å². The number of aliphatic carboxylic acids is 1. The van der Waals surface area contributed by atoms with Crippen LogP contribution < -0.4 is 5.56 Å². The fraction of sp³-hybridized carbons (Fsp3) is 0.304. The molecule has 1 aromatic carbocycles. The summed E-state index contributed by atoms with van der Waals surface area (Å²) in [6.45, 7) is 11.5. The van der Waals surface area contributed by atoms with Crippen molar-refractivity contribution >= 4 is 18.1 Å². The molecule has 0 aliphatic rings. The number of phenols is 1. The zero-order valence-electron chi connectivity index (χ0n) is 17.0. The van der Waals surface area contributed by atoms with Crippen molar-refractivity contribution in [3.05, 3.63) is 64.6 Å². The van der Waals surface area contributed by atoms with Crippen LogP contribution in [0.25, 0.3) is 23.3 Å². The smallest absolute Gasteiger partial charge is 0.312 e. The fourth-order valence-corrected chi connectivity index (χ4v) is 3.43. The monoisotopic (exact) mass is 397 g/mol. The highest BCUT2D eigenvalue weighted by molar-refractivity contribution is 5.88. The van der Waals surface area contributed by atoms with Crippen LogP contribution in [-0.2, 0) is 16.6 Å². The summed E-state index contributed by atoms with van der Waals surface area (Å²) in [4.78, 5) is 25.1. The van der Waals surface area contributed by atoms with Crippen molar-refractivity contribution in [2.45, 2.75) is 32.3 Å². The molecule has 0 spiro atoms. The number of para-hydroxylation sites is 1. The Balaban J connectivity index is 2.88. The average molecular weight is 397 g/mol. The van der Waals surface area contributed by atoms with Gasteiger partial charge < -0.3 is 19.5 Å². The Morgan fingerprint density at radius 2 is 1.83 bits per heavy atom. The van der Waals surface area contributed by atoms with E-state index < -0.39 is 11.9 Å². The van der Waals surface area contributed by atoms with E-state index in [4.69, 9.17) is 4.74 Å². The van der Waals surface area contributed by atoms with E-state index in [0.29, 0.717) is 22.3 Å². The van der Waals surface area contributed by atoms with Gasteiger partial charge in [0.15, 0.2) is 0 Å². The van der Waals surface area contributed by atoms with Crippen LogP contribution in [0.3, 0.4) is 0 Å². The van der Waals surface area contributed by atoms with Crippen LogP contribution in [0.1, 0.15) is 43.0 Å². The SMILES string of the molecule is C=Cc1c(-c2ccccc2O)c(C(CCOC(C)C)C(=O)O)n(C)c(=O)c1C=C. The Labute approximate surface area is 170 Å². The zero-order chi connectivity index (χ0) is 21.7. The van der Waals surface area contributed by atoms with E-state index >= 15 is 0 Å². The number of nitrogens with zero attached hydrogens (tertiary/aromatic N) is 1. The molecule has 154 valence electrons. The van der Waals surface area contributed by atoms with Crippen molar-refractivity contribution < 1.29 is 19.7 Å². The Bertz CT molecular complexity index is 987. The predicted molar refractivity (Wildman–Crippen MR) is 115 cm³/mol. The first kappa shape index (κ1) is 22.2. The normalized spacial score (nSPS) is 12.0. The van der Waals surface area contributed by atoms with Gasteiger partial charge in [-0.3, -0.25) is 9.59 Å². The molecule has 0 saturated heterocycles. The molecule has 2 aromatic rings. The predicted octanol–water partition coefficient (Wildman–Crippen LogP) is 4.03. The van der Waals surface area contributed by atoms with Gasteiger partial charge in [0.05, 0.1) is 12.0 Å². The molecule has 6 nitrogen and oxygen atoms in total. The second kappa shape index (κ2) is 9.39. The highest BCUT2D eigenvalue weighted by Crippen LogP contribution is 2.39. The lowest BCUT2D eigenvalue weighted by Gasteiger charge is -2.24. The van der Waals surface area contributed by atoms with Gasteiger partial charge in [0.25, 0.3) is 5.56 Å². The summed E-state index contributed by atoms with van der Waals surface area (Å²) in [5.41, 5.74) is 1.53. The van der Waals surface area contributed by atoms with Crippen molar-refractivity contribution in [1.29, 1.82) is 0 Å². The number of carbonyl (C=O) groups is 1. The quantitative estimate of drug-likeness (QED) is 0.667. The highest BCUT2D eigenvalue weighted by atomic mass is 16.5. The minimum atomic E-state index is -1.08. The lowest BCUT2D eigenvalue weighted by Crippen LogP contribution is -2.30. The molecular weight excluding hydrogens is 370 g/mol. The molecule has 0 aliphatic heterocycles. The zero-order valence-corrected chi connectivity index (χ0v) is 17.0. The molecule has 0 amide bonds. The topological polar surface area (TPSA) is 88.8 Å². The lowest BCUT2D eigenvalue weighted by atomic mass is 9.87. The van der Waals surface area contributed by atoms with E-state index in [1.165, 1.54) is 29.8 Å². The summed E-state index contributed by atoms with van der Waals surface area (Å²) in [6.07, 6.45) is 3.04. The Morgan fingerprint density at radius 3 is 2.34 bits per heavy atom. The second-order valence-electron chi connectivity index (χ2n) is 6.98. The molecule has 1 aromatic heterocycles.